The Labute approximate surface area is 210 Å². The predicted octanol–water partition coefficient (Wildman–Crippen LogP) is 8.25. The average Bonchev–Trinajstić information content (AvgIpc) is 3.76. The molecule has 1 fully saturated rings. The van der Waals surface area contributed by atoms with E-state index < -0.39 is 11.0 Å². The molecule has 0 aliphatic carbocycles. The van der Waals surface area contributed by atoms with Crippen LogP contribution in [0.3, 0.4) is 0 Å². The maximum absolute atomic E-state index is 2.80. The van der Waals surface area contributed by atoms with Crippen LogP contribution in [0.25, 0.3) is 0 Å². The van der Waals surface area contributed by atoms with Gasteiger partial charge in [-0.25, -0.2) is 0 Å². The third kappa shape index (κ3) is 2.56. The van der Waals surface area contributed by atoms with E-state index in [4.69, 9.17) is 0 Å². The van der Waals surface area contributed by atoms with Crippen molar-refractivity contribution in [2.45, 2.75) is 27.7 Å². The van der Waals surface area contributed by atoms with E-state index in [2.05, 4.69) is 157 Å². The molecule has 34 heavy (non-hydrogen) atoms. The summed E-state index contributed by atoms with van der Waals surface area (Å²) in [4.78, 5) is 0. The first-order valence-corrected chi connectivity index (χ1v) is 20.4. The van der Waals surface area contributed by atoms with E-state index in [1.54, 1.807) is 0 Å². The summed E-state index contributed by atoms with van der Waals surface area (Å²) in [5.41, 5.74) is 5.27. The van der Waals surface area contributed by atoms with Crippen LogP contribution < -0.4 is 21.2 Å². The van der Waals surface area contributed by atoms with Crippen molar-refractivity contribution in [2.24, 2.45) is 0 Å². The van der Waals surface area contributed by atoms with Crippen molar-refractivity contribution in [3.63, 3.8) is 0 Å². The standard InChI is InChI=1S/C30H30P2S2/c1-23-5-13-27(14-6-23)31(21-22-31,28-15-7-24(2)8-16-28)32(33-34-32,29-17-9-25(3)10-18-29)30-19-11-26(4)12-20-30/h5-22H,1-4H3. The molecule has 0 atom stereocenters. The molecule has 6 rings (SSSR count). The summed E-state index contributed by atoms with van der Waals surface area (Å²) < 4.78 is -2.76. The number of benzene rings is 4. The van der Waals surface area contributed by atoms with Gasteiger partial charge in [0.25, 0.3) is 0 Å². The fourth-order valence-corrected chi connectivity index (χ4v) is 51.0. The average molecular weight is 517 g/mol. The summed E-state index contributed by atoms with van der Waals surface area (Å²) in [7, 11) is 4.38. The van der Waals surface area contributed by atoms with Crippen molar-refractivity contribution in [3.8, 4) is 0 Å². The summed E-state index contributed by atoms with van der Waals surface area (Å²) in [6.45, 7) is 8.78. The van der Waals surface area contributed by atoms with Gasteiger partial charge in [-0.1, -0.05) is 0 Å². The second-order valence-electron chi connectivity index (χ2n) is 9.91. The minimum absolute atomic E-state index is 1.32. The van der Waals surface area contributed by atoms with Crippen molar-refractivity contribution in [3.05, 3.63) is 131 Å². The third-order valence-corrected chi connectivity index (χ3v) is 44.0. The zero-order valence-electron chi connectivity index (χ0n) is 20.1. The number of rotatable bonds is 5. The molecule has 2 heterocycles. The first-order valence-electron chi connectivity index (χ1n) is 11.8. The molecule has 4 heteroatoms. The van der Waals surface area contributed by atoms with Gasteiger partial charge in [0.2, 0.25) is 0 Å². The Hall–Kier alpha value is -1.82. The van der Waals surface area contributed by atoms with Crippen LogP contribution in [0.4, 0.5) is 0 Å². The number of hydrogen-bond donors (Lipinski definition) is 0. The van der Waals surface area contributed by atoms with Gasteiger partial charge in [0.05, 0.1) is 0 Å². The van der Waals surface area contributed by atoms with Crippen LogP contribution in [0.5, 0.6) is 0 Å². The summed E-state index contributed by atoms with van der Waals surface area (Å²) in [6.07, 6.45) is -2.80. The Morgan fingerprint density at radius 2 is 0.647 bits per heavy atom. The normalized spacial score (nSPS) is 22.5. The SMILES string of the molecule is Cc1ccc(P2(c3ccc(C)cc3)(P3(c4ccc(C)cc4)(c4ccc(C)cc4)SS3)C=C2)cc1. The molecule has 0 spiro atoms. The Balaban J connectivity index is 1.79. The molecule has 2 aliphatic heterocycles. The second-order valence-corrected chi connectivity index (χ2v) is 32.4. The van der Waals surface area contributed by atoms with Gasteiger partial charge in [-0.3, -0.25) is 0 Å². The van der Waals surface area contributed by atoms with Crippen LogP contribution in [-0.4, -0.2) is 0 Å². The molecule has 0 unspecified atom stereocenters. The predicted molar refractivity (Wildman–Crippen MR) is 161 cm³/mol. The van der Waals surface area contributed by atoms with Gasteiger partial charge < -0.3 is 0 Å². The first-order chi connectivity index (χ1) is 16.3. The Morgan fingerprint density at radius 3 is 0.882 bits per heavy atom. The molecule has 0 amide bonds. The summed E-state index contributed by atoms with van der Waals surface area (Å²) in [5, 5.41) is 6.08. The van der Waals surface area contributed by atoms with Crippen molar-refractivity contribution in [1.29, 1.82) is 0 Å². The fraction of sp³-hybridized carbons (Fsp3) is 0.133. The summed E-state index contributed by atoms with van der Waals surface area (Å²) in [6, 6.07) is 38.0. The second kappa shape index (κ2) is 7.35. The van der Waals surface area contributed by atoms with E-state index >= 15 is 0 Å². The van der Waals surface area contributed by atoms with E-state index in [1.807, 2.05) is 0 Å². The molecule has 4 aromatic carbocycles. The van der Waals surface area contributed by atoms with E-state index in [0.29, 0.717) is 0 Å². The summed E-state index contributed by atoms with van der Waals surface area (Å²) >= 11 is 0. The minimum atomic E-state index is -2.80. The quantitative estimate of drug-likeness (QED) is 0.149. The maximum atomic E-state index is 2.66. The molecule has 172 valence electrons. The zero-order chi connectivity index (χ0) is 23.7. The molecule has 2 aliphatic rings. The van der Waals surface area contributed by atoms with Gasteiger partial charge in [0.15, 0.2) is 0 Å². The van der Waals surface area contributed by atoms with E-state index in [9.17, 15) is 0 Å². The molecule has 0 bridgehead atoms. The van der Waals surface area contributed by atoms with Gasteiger partial charge in [0.1, 0.15) is 0 Å². The van der Waals surface area contributed by atoms with Gasteiger partial charge in [-0.2, -0.15) is 0 Å². The van der Waals surface area contributed by atoms with Crippen molar-refractivity contribution in [1.82, 2.24) is 0 Å². The van der Waals surface area contributed by atoms with Gasteiger partial charge in [-0.05, 0) is 0 Å². The molecule has 0 saturated carbocycles. The molecule has 0 N–H and O–H groups in total. The molecule has 1 saturated heterocycles. The van der Waals surface area contributed by atoms with Crippen LogP contribution in [-0.2, 0) is 0 Å². The van der Waals surface area contributed by atoms with E-state index in [1.165, 1.54) is 43.5 Å². The Kier molecular flexibility index (Phi) is 4.89. The summed E-state index contributed by atoms with van der Waals surface area (Å²) in [5.74, 6) is 5.32. The Morgan fingerprint density at radius 1 is 0.382 bits per heavy atom. The van der Waals surface area contributed by atoms with E-state index in [-0.39, 0.29) is 0 Å². The molecule has 0 aromatic heterocycles. The fourth-order valence-electron chi connectivity index (χ4n) is 5.59. The van der Waals surface area contributed by atoms with Crippen LogP contribution >= 0.6 is 31.8 Å². The first kappa shape index (κ1) is 22.6. The van der Waals surface area contributed by atoms with Crippen LogP contribution in [0.1, 0.15) is 22.3 Å². The van der Waals surface area contributed by atoms with Crippen LogP contribution in [0.2, 0.25) is 0 Å². The number of aryl methyl sites for hydroxylation is 4. The van der Waals surface area contributed by atoms with Crippen LogP contribution in [0.15, 0.2) is 109 Å². The Bertz CT molecular complexity index is 1230. The molecule has 0 nitrogen and oxygen atoms in total. The molecule has 0 radical (unpaired) electrons. The van der Waals surface area contributed by atoms with E-state index in [0.717, 1.165) is 0 Å². The van der Waals surface area contributed by atoms with Crippen molar-refractivity contribution < 1.29 is 0 Å². The zero-order valence-corrected chi connectivity index (χ0v) is 23.5. The van der Waals surface area contributed by atoms with Crippen LogP contribution in [0, 0.1) is 27.7 Å². The third-order valence-electron chi connectivity index (χ3n) is 7.79. The number of hydrogen-bond acceptors (Lipinski definition) is 2. The van der Waals surface area contributed by atoms with Gasteiger partial charge in [0, 0.05) is 0 Å². The molecule has 4 aromatic rings. The van der Waals surface area contributed by atoms with Crippen molar-refractivity contribution >= 4 is 53.0 Å². The van der Waals surface area contributed by atoms with Gasteiger partial charge >= 0.3 is 212 Å². The van der Waals surface area contributed by atoms with Gasteiger partial charge in [-0.15, -0.1) is 0 Å². The topological polar surface area (TPSA) is 0 Å². The monoisotopic (exact) mass is 516 g/mol. The van der Waals surface area contributed by atoms with Crippen molar-refractivity contribution in [2.75, 3.05) is 0 Å². The molecular weight excluding hydrogens is 486 g/mol. The molecular formula is C30H30P2S2.